The van der Waals surface area contributed by atoms with Gasteiger partial charge in [-0.15, -0.1) is 0 Å². The zero-order valence-corrected chi connectivity index (χ0v) is 15.6. The number of rotatable bonds is 6. The third-order valence-corrected chi connectivity index (χ3v) is 7.68. The number of nitrogens with zero attached hydrogens (tertiary/aromatic N) is 3. The highest BCUT2D eigenvalue weighted by Crippen LogP contribution is 2.52. The molecule has 2 saturated heterocycles. The van der Waals surface area contributed by atoms with Crippen molar-refractivity contribution in [1.29, 1.82) is 0 Å². The third-order valence-electron chi connectivity index (χ3n) is 7.68. The van der Waals surface area contributed by atoms with Crippen molar-refractivity contribution < 1.29 is 0 Å². The summed E-state index contributed by atoms with van der Waals surface area (Å²) in [6.07, 6.45) is 7.41. The molecular formula is C20H37N3. The quantitative estimate of drug-likeness (QED) is 0.745. The van der Waals surface area contributed by atoms with E-state index in [-0.39, 0.29) is 0 Å². The summed E-state index contributed by atoms with van der Waals surface area (Å²) in [7, 11) is 0. The number of hydrogen-bond donors (Lipinski definition) is 0. The zero-order valence-electron chi connectivity index (χ0n) is 15.6. The van der Waals surface area contributed by atoms with Crippen molar-refractivity contribution in [2.24, 2.45) is 17.3 Å². The van der Waals surface area contributed by atoms with E-state index in [0.29, 0.717) is 0 Å². The first kappa shape index (κ1) is 16.4. The van der Waals surface area contributed by atoms with Crippen LogP contribution in [0.15, 0.2) is 0 Å². The van der Waals surface area contributed by atoms with E-state index in [1.807, 2.05) is 0 Å². The van der Waals surface area contributed by atoms with Crippen molar-refractivity contribution in [1.82, 2.24) is 14.7 Å². The van der Waals surface area contributed by atoms with Gasteiger partial charge in [-0.3, -0.25) is 9.80 Å². The Labute approximate surface area is 143 Å². The maximum Gasteiger partial charge on any atom is 0.0113 e. The molecule has 2 bridgehead atoms. The number of piperazine rings is 1. The van der Waals surface area contributed by atoms with Crippen LogP contribution in [0.5, 0.6) is 0 Å². The first-order valence-corrected chi connectivity index (χ1v) is 10.3. The summed E-state index contributed by atoms with van der Waals surface area (Å²) >= 11 is 0. The summed E-state index contributed by atoms with van der Waals surface area (Å²) in [6.45, 7) is 16.5. The van der Waals surface area contributed by atoms with Gasteiger partial charge in [-0.1, -0.05) is 6.92 Å². The summed E-state index contributed by atoms with van der Waals surface area (Å²) in [5.74, 6) is 2.01. The summed E-state index contributed by atoms with van der Waals surface area (Å²) in [5.41, 5.74) is 0.743. The molecule has 0 aromatic carbocycles. The summed E-state index contributed by atoms with van der Waals surface area (Å²) in [4.78, 5) is 8.29. The minimum absolute atomic E-state index is 0.724. The fraction of sp³-hybridized carbons (Fsp3) is 1.00. The van der Waals surface area contributed by atoms with Crippen molar-refractivity contribution in [2.75, 3.05) is 45.8 Å². The SMILES string of the molecule is CCC1(CN2C[C@@H]3C[C@H]2C[C@H]3CN2CCN(C(C)C)CC2)CC1. The Balaban J connectivity index is 1.23. The van der Waals surface area contributed by atoms with Gasteiger partial charge in [-0.2, -0.15) is 0 Å². The molecule has 2 aliphatic carbocycles. The highest BCUT2D eigenvalue weighted by molar-refractivity contribution is 5.03. The van der Waals surface area contributed by atoms with Gasteiger partial charge in [0.2, 0.25) is 0 Å². The fourth-order valence-electron chi connectivity index (χ4n) is 5.59. The predicted octanol–water partition coefficient (Wildman–Crippen LogP) is 2.91. The lowest BCUT2D eigenvalue weighted by Gasteiger charge is -2.40. The van der Waals surface area contributed by atoms with Gasteiger partial charge in [0, 0.05) is 57.9 Å². The van der Waals surface area contributed by atoms with Crippen LogP contribution in [0.1, 0.15) is 52.9 Å². The van der Waals surface area contributed by atoms with Crippen LogP contribution in [-0.2, 0) is 0 Å². The summed E-state index contributed by atoms with van der Waals surface area (Å²) < 4.78 is 0. The van der Waals surface area contributed by atoms with E-state index in [1.165, 1.54) is 77.9 Å². The van der Waals surface area contributed by atoms with Crippen molar-refractivity contribution in [2.45, 2.75) is 65.0 Å². The summed E-state index contributed by atoms with van der Waals surface area (Å²) in [6, 6.07) is 1.66. The molecule has 0 N–H and O–H groups in total. The van der Waals surface area contributed by atoms with Crippen LogP contribution >= 0.6 is 0 Å². The second kappa shape index (κ2) is 6.31. The molecule has 3 atom stereocenters. The van der Waals surface area contributed by atoms with Gasteiger partial charge in [0.25, 0.3) is 0 Å². The van der Waals surface area contributed by atoms with Crippen LogP contribution < -0.4 is 0 Å². The molecule has 0 radical (unpaired) electrons. The van der Waals surface area contributed by atoms with Crippen LogP contribution in [-0.4, -0.2) is 72.6 Å². The molecular weight excluding hydrogens is 282 g/mol. The molecule has 0 aromatic rings. The molecule has 0 aromatic heterocycles. The fourth-order valence-corrected chi connectivity index (χ4v) is 5.59. The van der Waals surface area contributed by atoms with Crippen LogP contribution in [0.2, 0.25) is 0 Å². The number of hydrogen-bond acceptors (Lipinski definition) is 3. The molecule has 4 fully saturated rings. The van der Waals surface area contributed by atoms with Crippen LogP contribution in [0, 0.1) is 17.3 Å². The lowest BCUT2D eigenvalue weighted by Crippen LogP contribution is -2.51. The van der Waals surface area contributed by atoms with Crippen molar-refractivity contribution in [3.05, 3.63) is 0 Å². The average Bonchev–Trinajstić information content (AvgIpc) is 3.06. The molecule has 23 heavy (non-hydrogen) atoms. The van der Waals surface area contributed by atoms with Gasteiger partial charge in [-0.25, -0.2) is 0 Å². The van der Waals surface area contributed by atoms with Gasteiger partial charge in [-0.05, 0) is 63.2 Å². The summed E-state index contributed by atoms with van der Waals surface area (Å²) in [5, 5.41) is 0. The number of likely N-dealkylation sites (tertiary alicyclic amines) is 1. The smallest absolute Gasteiger partial charge is 0.0113 e. The molecule has 2 heterocycles. The predicted molar refractivity (Wildman–Crippen MR) is 96.7 cm³/mol. The minimum atomic E-state index is 0.724. The molecule has 2 saturated carbocycles. The van der Waals surface area contributed by atoms with Crippen LogP contribution in [0.25, 0.3) is 0 Å². The van der Waals surface area contributed by atoms with Crippen molar-refractivity contribution in [3.8, 4) is 0 Å². The normalized spacial score (nSPS) is 37.8. The Morgan fingerprint density at radius 1 is 1.04 bits per heavy atom. The largest absolute Gasteiger partial charge is 0.301 e. The Bertz CT molecular complexity index is 409. The van der Waals surface area contributed by atoms with E-state index >= 15 is 0 Å². The van der Waals surface area contributed by atoms with E-state index in [1.54, 1.807) is 0 Å². The third kappa shape index (κ3) is 3.34. The molecule has 4 aliphatic rings. The Morgan fingerprint density at radius 3 is 2.30 bits per heavy atom. The molecule has 0 amide bonds. The van der Waals surface area contributed by atoms with Gasteiger partial charge < -0.3 is 4.90 Å². The van der Waals surface area contributed by atoms with Gasteiger partial charge in [0.15, 0.2) is 0 Å². The van der Waals surface area contributed by atoms with E-state index in [0.717, 1.165) is 29.3 Å². The molecule has 2 aliphatic heterocycles. The molecule has 0 spiro atoms. The zero-order chi connectivity index (χ0) is 16.0. The molecule has 0 unspecified atom stereocenters. The molecule has 3 heteroatoms. The van der Waals surface area contributed by atoms with Gasteiger partial charge in [0.1, 0.15) is 0 Å². The van der Waals surface area contributed by atoms with Crippen molar-refractivity contribution >= 4 is 0 Å². The van der Waals surface area contributed by atoms with E-state index in [9.17, 15) is 0 Å². The van der Waals surface area contributed by atoms with E-state index in [4.69, 9.17) is 0 Å². The van der Waals surface area contributed by atoms with Crippen molar-refractivity contribution in [3.63, 3.8) is 0 Å². The molecule has 132 valence electrons. The highest BCUT2D eigenvalue weighted by Gasteiger charge is 2.49. The van der Waals surface area contributed by atoms with Gasteiger partial charge >= 0.3 is 0 Å². The van der Waals surface area contributed by atoms with Crippen LogP contribution in [0.4, 0.5) is 0 Å². The lowest BCUT2D eigenvalue weighted by atomic mass is 9.92. The number of fused-ring (bicyclic) bond motifs is 2. The Morgan fingerprint density at radius 2 is 1.78 bits per heavy atom. The van der Waals surface area contributed by atoms with Gasteiger partial charge in [0.05, 0.1) is 0 Å². The lowest BCUT2D eigenvalue weighted by molar-refractivity contribution is 0.0742. The standard InChI is InChI=1S/C20H37N3/c1-4-20(5-6-20)15-23-14-18-12-19(23)11-17(18)13-21-7-9-22(10-8-21)16(2)3/h16-19H,4-15H2,1-3H3/t17-,18-,19+/m0/s1. The monoisotopic (exact) mass is 319 g/mol. The maximum atomic E-state index is 2.88. The molecule has 4 rings (SSSR count). The first-order chi connectivity index (χ1) is 11.1. The second-order valence-corrected chi connectivity index (χ2v) is 9.36. The second-order valence-electron chi connectivity index (χ2n) is 9.36. The van der Waals surface area contributed by atoms with Crippen LogP contribution in [0.3, 0.4) is 0 Å². The minimum Gasteiger partial charge on any atom is -0.301 e. The first-order valence-electron chi connectivity index (χ1n) is 10.3. The Kier molecular flexibility index (Phi) is 4.49. The van der Waals surface area contributed by atoms with E-state index < -0.39 is 0 Å². The number of piperidine rings is 1. The highest BCUT2D eigenvalue weighted by atomic mass is 15.3. The Hall–Kier alpha value is -0.120. The average molecular weight is 320 g/mol. The topological polar surface area (TPSA) is 9.72 Å². The molecule has 3 nitrogen and oxygen atoms in total. The maximum absolute atomic E-state index is 2.88. The van der Waals surface area contributed by atoms with E-state index in [2.05, 4.69) is 35.5 Å².